The Hall–Kier alpha value is -3.43. The first-order valence-corrected chi connectivity index (χ1v) is 11.1. The highest BCUT2D eigenvalue weighted by molar-refractivity contribution is 7.10. The van der Waals surface area contributed by atoms with Crippen molar-refractivity contribution < 1.29 is 34.4 Å². The summed E-state index contributed by atoms with van der Waals surface area (Å²) in [5.41, 5.74) is 1.73. The molecule has 0 spiro atoms. The number of phenols is 2. The number of fused-ring (bicyclic) bond motifs is 1. The minimum absolute atomic E-state index is 0.0217. The zero-order valence-corrected chi connectivity index (χ0v) is 19.1. The van der Waals surface area contributed by atoms with Gasteiger partial charge in [0, 0.05) is 39.2 Å². The number of esters is 1. The van der Waals surface area contributed by atoms with Gasteiger partial charge < -0.3 is 24.8 Å². The molecule has 1 aliphatic rings. The summed E-state index contributed by atoms with van der Waals surface area (Å²) in [5.74, 6) is -2.50. The number of carbonyl (C=O) groups is 2. The fourth-order valence-corrected chi connectivity index (χ4v) is 4.99. The first-order chi connectivity index (χ1) is 15.7. The van der Waals surface area contributed by atoms with Crippen LogP contribution in [0.3, 0.4) is 0 Å². The predicted octanol–water partition coefficient (Wildman–Crippen LogP) is 4.09. The van der Waals surface area contributed by atoms with Crippen molar-refractivity contribution in [2.24, 2.45) is 0 Å². The number of nitrogens with zero attached hydrogens (tertiary/aromatic N) is 1. The van der Waals surface area contributed by atoms with Crippen LogP contribution in [0.15, 0.2) is 29.8 Å². The lowest BCUT2D eigenvalue weighted by molar-refractivity contribution is -0.140. The Kier molecular flexibility index (Phi) is 6.09. The number of carbonyl (C=O) groups excluding carboxylic acids is 2. The van der Waals surface area contributed by atoms with E-state index in [2.05, 4.69) is 4.98 Å². The monoisotopic (exact) mass is 469 g/mol. The van der Waals surface area contributed by atoms with Crippen molar-refractivity contribution >= 4 is 23.1 Å². The summed E-state index contributed by atoms with van der Waals surface area (Å²) in [6, 6.07) is 4.94. The van der Waals surface area contributed by atoms with E-state index in [1.165, 1.54) is 31.4 Å². The van der Waals surface area contributed by atoms with E-state index >= 15 is 0 Å². The molecule has 0 aliphatic carbocycles. The smallest absolute Gasteiger partial charge is 0.306 e. The maximum atomic E-state index is 12.4. The number of aromatic hydroxyl groups is 3. The van der Waals surface area contributed by atoms with Gasteiger partial charge in [-0.3, -0.25) is 14.6 Å². The molecule has 0 saturated carbocycles. The van der Waals surface area contributed by atoms with Crippen LogP contribution < -0.4 is 0 Å². The third kappa shape index (κ3) is 3.94. The molecule has 4 rings (SSSR count). The van der Waals surface area contributed by atoms with E-state index < -0.39 is 29.5 Å². The molecule has 0 radical (unpaired) electrons. The predicted molar refractivity (Wildman–Crippen MR) is 120 cm³/mol. The second-order valence-corrected chi connectivity index (χ2v) is 8.83. The second-order valence-electron chi connectivity index (χ2n) is 7.85. The Balaban J connectivity index is 1.96. The van der Waals surface area contributed by atoms with E-state index in [9.17, 15) is 24.9 Å². The van der Waals surface area contributed by atoms with Crippen molar-refractivity contribution in [3.8, 4) is 17.2 Å². The fraction of sp³-hybridized carbons (Fsp3) is 0.292. The quantitative estimate of drug-likeness (QED) is 0.364. The minimum atomic E-state index is -0.888. The van der Waals surface area contributed by atoms with Crippen LogP contribution >= 0.6 is 11.3 Å². The zero-order chi connectivity index (χ0) is 23.9. The summed E-state index contributed by atoms with van der Waals surface area (Å²) in [7, 11) is 1.26. The topological polar surface area (TPSA) is 126 Å². The van der Waals surface area contributed by atoms with Gasteiger partial charge in [0.15, 0.2) is 5.78 Å². The molecule has 0 unspecified atom stereocenters. The van der Waals surface area contributed by atoms with Crippen LogP contribution in [-0.2, 0) is 20.9 Å². The van der Waals surface area contributed by atoms with E-state index in [1.807, 2.05) is 5.38 Å². The first kappa shape index (κ1) is 22.8. The molecule has 1 aliphatic heterocycles. The van der Waals surface area contributed by atoms with Crippen molar-refractivity contribution in [3.63, 3.8) is 0 Å². The van der Waals surface area contributed by atoms with Gasteiger partial charge in [0.05, 0.1) is 31.4 Å². The van der Waals surface area contributed by atoms with Crippen LogP contribution in [-0.4, -0.2) is 39.2 Å². The zero-order valence-electron chi connectivity index (χ0n) is 18.3. The number of aryl methyl sites for hydroxylation is 1. The van der Waals surface area contributed by atoms with Crippen LogP contribution in [0.5, 0.6) is 17.2 Å². The lowest BCUT2D eigenvalue weighted by Gasteiger charge is -2.23. The number of rotatable bonds is 6. The van der Waals surface area contributed by atoms with Gasteiger partial charge in [-0.25, -0.2) is 0 Å². The average Bonchev–Trinajstić information content (AvgIpc) is 3.46. The molecule has 1 aromatic carbocycles. The van der Waals surface area contributed by atoms with Crippen molar-refractivity contribution in [2.75, 3.05) is 7.11 Å². The Morgan fingerprint density at radius 1 is 1.27 bits per heavy atom. The number of Topliss-reactive ketones (excluding diaryl/α,β-unsaturated/α-hetero) is 1. The highest BCUT2D eigenvalue weighted by Crippen LogP contribution is 2.50. The van der Waals surface area contributed by atoms with E-state index in [0.29, 0.717) is 21.7 Å². The van der Waals surface area contributed by atoms with Gasteiger partial charge in [0.25, 0.3) is 0 Å². The normalized spacial score (nSPS) is 15.8. The van der Waals surface area contributed by atoms with Crippen LogP contribution in [0, 0.1) is 6.92 Å². The number of ketones is 1. The number of methoxy groups -OCH3 is 1. The highest BCUT2D eigenvalue weighted by atomic mass is 32.1. The molecule has 0 bridgehead atoms. The van der Waals surface area contributed by atoms with Gasteiger partial charge in [-0.2, -0.15) is 0 Å². The number of ether oxygens (including phenoxy) is 2. The minimum Gasteiger partial charge on any atom is -0.507 e. The summed E-state index contributed by atoms with van der Waals surface area (Å²) < 4.78 is 10.7. The molecular formula is C24H23NO7S. The molecular weight excluding hydrogens is 446 g/mol. The van der Waals surface area contributed by atoms with Crippen molar-refractivity contribution in [3.05, 3.63) is 68.2 Å². The number of aromatic nitrogens is 1. The Labute approximate surface area is 194 Å². The van der Waals surface area contributed by atoms with Crippen molar-refractivity contribution in [1.29, 1.82) is 0 Å². The molecule has 0 amide bonds. The van der Waals surface area contributed by atoms with Crippen LogP contribution in [0.4, 0.5) is 0 Å². The van der Waals surface area contributed by atoms with E-state index in [-0.39, 0.29) is 41.2 Å². The summed E-state index contributed by atoms with van der Waals surface area (Å²) >= 11 is 1.35. The molecule has 2 atom stereocenters. The lowest BCUT2D eigenvalue weighted by Crippen LogP contribution is -2.13. The van der Waals surface area contributed by atoms with Gasteiger partial charge in [0.2, 0.25) is 0 Å². The number of hydrogen-bond acceptors (Lipinski definition) is 9. The molecule has 8 nitrogen and oxygen atoms in total. The molecule has 9 heteroatoms. The third-order valence-corrected chi connectivity index (χ3v) is 6.85. The average molecular weight is 470 g/mol. The van der Waals surface area contributed by atoms with E-state index in [1.54, 1.807) is 25.3 Å². The summed E-state index contributed by atoms with van der Waals surface area (Å²) in [4.78, 5) is 29.5. The van der Waals surface area contributed by atoms with Gasteiger partial charge in [-0.05, 0) is 31.4 Å². The Morgan fingerprint density at radius 3 is 2.67 bits per heavy atom. The van der Waals surface area contributed by atoms with Crippen molar-refractivity contribution in [2.45, 2.75) is 38.9 Å². The summed E-state index contributed by atoms with van der Waals surface area (Å²) in [5, 5.41) is 34.9. The fourth-order valence-electron chi connectivity index (χ4n) is 4.15. The van der Waals surface area contributed by atoms with Gasteiger partial charge in [-0.15, -0.1) is 11.3 Å². The number of thiophene rings is 1. The molecule has 33 heavy (non-hydrogen) atoms. The maximum Gasteiger partial charge on any atom is 0.306 e. The third-order valence-electron chi connectivity index (χ3n) is 5.86. The second kappa shape index (κ2) is 8.84. The molecule has 0 fully saturated rings. The molecule has 3 N–H and O–H groups in total. The number of pyridine rings is 1. The molecule has 0 saturated heterocycles. The summed E-state index contributed by atoms with van der Waals surface area (Å²) in [6.07, 6.45) is 0.552. The standard InChI is InChI=1S/C24H23NO7S/c1-11-21(28)19-13(9-25-11)10-32-24(19)16-7-14(12(2)26)22(29)20(23(16)30)15(8-18(27)31-3)17-5-4-6-33-17/h4-7,9,15,24,28-30H,8,10H2,1-3H3/t15-,24-/m1/s1. The van der Waals surface area contributed by atoms with E-state index in [4.69, 9.17) is 9.47 Å². The van der Waals surface area contributed by atoms with Crippen molar-refractivity contribution in [1.82, 2.24) is 4.98 Å². The Bertz CT molecular complexity index is 1240. The number of hydrogen-bond donors (Lipinski definition) is 3. The first-order valence-electron chi connectivity index (χ1n) is 10.2. The number of benzene rings is 1. The molecule has 3 aromatic rings. The molecule has 172 valence electrons. The SMILES string of the molecule is COC(=O)C[C@H](c1cccs1)c1c(O)c(C(C)=O)cc([C@H]2OCc3cnc(C)c(O)c32)c1O. The van der Waals surface area contributed by atoms with Crippen LogP contribution in [0.2, 0.25) is 0 Å². The van der Waals surface area contributed by atoms with E-state index in [0.717, 1.165) is 0 Å². The molecule has 3 heterocycles. The lowest BCUT2D eigenvalue weighted by atomic mass is 9.85. The Morgan fingerprint density at radius 2 is 2.03 bits per heavy atom. The van der Waals surface area contributed by atoms with Gasteiger partial charge in [-0.1, -0.05) is 6.07 Å². The largest absolute Gasteiger partial charge is 0.507 e. The molecule has 2 aromatic heterocycles. The van der Waals surface area contributed by atoms with Gasteiger partial charge >= 0.3 is 5.97 Å². The number of phenolic OH excluding ortho intramolecular Hbond substituents is 2. The summed E-state index contributed by atoms with van der Waals surface area (Å²) in [6.45, 7) is 3.11. The van der Waals surface area contributed by atoms with Crippen LogP contribution in [0.1, 0.15) is 68.5 Å². The highest BCUT2D eigenvalue weighted by Gasteiger charge is 2.36. The van der Waals surface area contributed by atoms with Gasteiger partial charge in [0.1, 0.15) is 23.4 Å². The van der Waals surface area contributed by atoms with Crippen LogP contribution in [0.25, 0.3) is 0 Å². The maximum absolute atomic E-state index is 12.4.